The van der Waals surface area contributed by atoms with Gasteiger partial charge in [-0.3, -0.25) is 4.79 Å². The second-order valence-corrected chi connectivity index (χ2v) is 6.38. The van der Waals surface area contributed by atoms with E-state index in [1.54, 1.807) is 12.5 Å². The summed E-state index contributed by atoms with van der Waals surface area (Å²) in [6.45, 7) is 1.42. The molecule has 5 nitrogen and oxygen atoms in total. The fraction of sp³-hybridized carbons (Fsp3) is 0.238. The summed E-state index contributed by atoms with van der Waals surface area (Å²) in [4.78, 5) is 20.9. The van der Waals surface area contributed by atoms with Crippen molar-refractivity contribution in [3.8, 4) is 17.0 Å². The largest absolute Gasteiger partial charge is 0.493 e. The molecule has 1 amide bonds. The predicted molar refractivity (Wildman–Crippen MR) is 101 cm³/mol. The lowest BCUT2D eigenvalue weighted by Crippen LogP contribution is -2.23. The Bertz CT molecular complexity index is 873. The first kappa shape index (κ1) is 16.4. The third-order valence-corrected chi connectivity index (χ3v) is 4.65. The molecule has 0 unspecified atom stereocenters. The van der Waals surface area contributed by atoms with E-state index in [2.05, 4.69) is 22.1 Å². The van der Waals surface area contributed by atoms with Crippen LogP contribution in [0.2, 0.25) is 0 Å². The van der Waals surface area contributed by atoms with E-state index in [0.29, 0.717) is 13.0 Å². The van der Waals surface area contributed by atoms with E-state index in [1.807, 2.05) is 41.3 Å². The van der Waals surface area contributed by atoms with Crippen LogP contribution < -0.4 is 9.64 Å². The SMILES string of the molecule is O=C1CCCN1c1ccc(CCOc2ccccc2-c2cnc[nH]2)cc1. The van der Waals surface area contributed by atoms with Gasteiger partial charge >= 0.3 is 0 Å². The zero-order chi connectivity index (χ0) is 17.8. The minimum Gasteiger partial charge on any atom is -0.493 e. The number of para-hydroxylation sites is 1. The Labute approximate surface area is 152 Å². The van der Waals surface area contributed by atoms with Gasteiger partial charge < -0.3 is 14.6 Å². The lowest BCUT2D eigenvalue weighted by molar-refractivity contribution is -0.117. The Balaban J connectivity index is 1.38. The standard InChI is InChI=1S/C21H21N3O2/c25-21-6-3-12-24(21)17-9-7-16(8-10-17)11-13-26-20-5-2-1-4-18(20)19-14-22-15-23-19/h1-2,4-5,7-10,14-15H,3,6,11-13H2,(H,22,23). The van der Waals surface area contributed by atoms with Crippen LogP contribution in [0.15, 0.2) is 61.1 Å². The Hall–Kier alpha value is -3.08. The minimum atomic E-state index is 0.219. The van der Waals surface area contributed by atoms with E-state index >= 15 is 0 Å². The number of carbonyl (C=O) groups excluding carboxylic acids is 1. The first-order valence-corrected chi connectivity index (χ1v) is 8.91. The van der Waals surface area contributed by atoms with Crippen molar-refractivity contribution in [1.82, 2.24) is 9.97 Å². The number of imidazole rings is 1. The molecule has 3 aromatic rings. The number of aromatic amines is 1. The summed E-state index contributed by atoms with van der Waals surface area (Å²) in [5.41, 5.74) is 4.13. The van der Waals surface area contributed by atoms with E-state index in [-0.39, 0.29) is 5.91 Å². The van der Waals surface area contributed by atoms with Gasteiger partial charge in [0.25, 0.3) is 0 Å². The quantitative estimate of drug-likeness (QED) is 0.737. The average molecular weight is 347 g/mol. The number of aromatic nitrogens is 2. The molecular formula is C21H21N3O2. The highest BCUT2D eigenvalue weighted by molar-refractivity contribution is 5.95. The molecule has 1 saturated heterocycles. The fourth-order valence-electron chi connectivity index (χ4n) is 3.26. The second-order valence-electron chi connectivity index (χ2n) is 6.38. The van der Waals surface area contributed by atoms with Crippen LogP contribution in [0.4, 0.5) is 5.69 Å². The number of hydrogen-bond donors (Lipinski definition) is 1. The summed E-state index contributed by atoms with van der Waals surface area (Å²) in [6.07, 6.45) is 5.88. The van der Waals surface area contributed by atoms with E-state index in [4.69, 9.17) is 4.74 Å². The first-order valence-electron chi connectivity index (χ1n) is 8.91. The highest BCUT2D eigenvalue weighted by Crippen LogP contribution is 2.28. The molecule has 26 heavy (non-hydrogen) atoms. The maximum absolute atomic E-state index is 11.8. The number of anilines is 1. The summed E-state index contributed by atoms with van der Waals surface area (Å²) >= 11 is 0. The molecule has 1 aliphatic rings. The van der Waals surface area contributed by atoms with Crippen LogP contribution >= 0.6 is 0 Å². The number of H-pyrrole nitrogens is 1. The highest BCUT2D eigenvalue weighted by Gasteiger charge is 2.21. The molecular weight excluding hydrogens is 326 g/mol. The number of rotatable bonds is 6. The molecule has 132 valence electrons. The molecule has 1 fully saturated rings. The van der Waals surface area contributed by atoms with E-state index in [9.17, 15) is 4.79 Å². The number of benzene rings is 2. The normalized spacial score (nSPS) is 14.0. The van der Waals surface area contributed by atoms with E-state index in [1.165, 1.54) is 5.56 Å². The van der Waals surface area contributed by atoms with Gasteiger partial charge in [0.05, 0.1) is 24.8 Å². The van der Waals surface area contributed by atoms with Crippen molar-refractivity contribution in [1.29, 1.82) is 0 Å². The summed E-state index contributed by atoms with van der Waals surface area (Å²) in [5, 5.41) is 0. The van der Waals surface area contributed by atoms with Gasteiger partial charge in [-0.2, -0.15) is 0 Å². The molecule has 0 aliphatic carbocycles. The number of hydrogen-bond acceptors (Lipinski definition) is 3. The van der Waals surface area contributed by atoms with Crippen molar-refractivity contribution in [2.75, 3.05) is 18.1 Å². The summed E-state index contributed by atoms with van der Waals surface area (Å²) in [5.74, 6) is 1.06. The maximum atomic E-state index is 11.8. The predicted octanol–water partition coefficient (Wildman–Crippen LogP) is 3.83. The van der Waals surface area contributed by atoms with Gasteiger partial charge in [-0.15, -0.1) is 0 Å². The maximum Gasteiger partial charge on any atom is 0.227 e. The van der Waals surface area contributed by atoms with Gasteiger partial charge in [0.15, 0.2) is 0 Å². The van der Waals surface area contributed by atoms with Crippen LogP contribution in [0, 0.1) is 0 Å². The second kappa shape index (κ2) is 7.44. The Morgan fingerprint density at radius 2 is 1.96 bits per heavy atom. The van der Waals surface area contributed by atoms with Crippen molar-refractivity contribution in [3.05, 3.63) is 66.6 Å². The molecule has 1 aliphatic heterocycles. The number of carbonyl (C=O) groups is 1. The molecule has 0 saturated carbocycles. The third kappa shape index (κ3) is 3.47. The van der Waals surface area contributed by atoms with Crippen molar-refractivity contribution in [2.24, 2.45) is 0 Å². The monoisotopic (exact) mass is 347 g/mol. The van der Waals surface area contributed by atoms with E-state index < -0.39 is 0 Å². The topological polar surface area (TPSA) is 58.2 Å². The molecule has 0 bridgehead atoms. The fourth-order valence-corrected chi connectivity index (χ4v) is 3.26. The van der Waals surface area contributed by atoms with Crippen LogP contribution in [0.5, 0.6) is 5.75 Å². The third-order valence-electron chi connectivity index (χ3n) is 4.65. The first-order chi connectivity index (χ1) is 12.8. The molecule has 1 aromatic heterocycles. The number of ether oxygens (including phenoxy) is 1. The Kier molecular flexibility index (Phi) is 4.69. The van der Waals surface area contributed by atoms with Crippen molar-refractivity contribution in [3.63, 3.8) is 0 Å². The number of nitrogens with zero attached hydrogens (tertiary/aromatic N) is 2. The van der Waals surface area contributed by atoms with Gasteiger partial charge in [0, 0.05) is 30.6 Å². The molecule has 0 spiro atoms. The molecule has 5 heteroatoms. The van der Waals surface area contributed by atoms with Gasteiger partial charge in [0.1, 0.15) is 5.75 Å². The van der Waals surface area contributed by atoms with Crippen molar-refractivity contribution < 1.29 is 9.53 Å². The Morgan fingerprint density at radius 3 is 2.69 bits per heavy atom. The van der Waals surface area contributed by atoms with Crippen LogP contribution in [-0.4, -0.2) is 29.0 Å². The molecule has 0 atom stereocenters. The minimum absolute atomic E-state index is 0.219. The lowest BCUT2D eigenvalue weighted by Gasteiger charge is -2.16. The van der Waals surface area contributed by atoms with Gasteiger partial charge in [-0.25, -0.2) is 4.98 Å². The average Bonchev–Trinajstić information content (AvgIpc) is 3.35. The van der Waals surface area contributed by atoms with Crippen LogP contribution in [0.25, 0.3) is 11.3 Å². The number of amides is 1. The molecule has 2 aromatic carbocycles. The van der Waals surface area contributed by atoms with Crippen LogP contribution in [-0.2, 0) is 11.2 Å². The summed E-state index contributed by atoms with van der Waals surface area (Å²) < 4.78 is 6.00. The zero-order valence-electron chi connectivity index (χ0n) is 14.5. The van der Waals surface area contributed by atoms with Gasteiger partial charge in [0.2, 0.25) is 5.91 Å². The van der Waals surface area contributed by atoms with Gasteiger partial charge in [-0.1, -0.05) is 24.3 Å². The molecule has 0 radical (unpaired) electrons. The summed E-state index contributed by atoms with van der Waals surface area (Å²) in [7, 11) is 0. The number of nitrogens with one attached hydrogen (secondary N) is 1. The van der Waals surface area contributed by atoms with Crippen molar-refractivity contribution >= 4 is 11.6 Å². The highest BCUT2D eigenvalue weighted by atomic mass is 16.5. The Morgan fingerprint density at radius 1 is 1.12 bits per heavy atom. The summed E-state index contributed by atoms with van der Waals surface area (Å²) in [6, 6.07) is 16.1. The lowest BCUT2D eigenvalue weighted by atomic mass is 10.1. The van der Waals surface area contributed by atoms with Crippen LogP contribution in [0.3, 0.4) is 0 Å². The molecule has 2 heterocycles. The molecule has 1 N–H and O–H groups in total. The zero-order valence-corrected chi connectivity index (χ0v) is 14.5. The van der Waals surface area contributed by atoms with Crippen LogP contribution in [0.1, 0.15) is 18.4 Å². The molecule has 4 rings (SSSR count). The van der Waals surface area contributed by atoms with Gasteiger partial charge in [-0.05, 0) is 36.2 Å². The van der Waals surface area contributed by atoms with E-state index in [0.717, 1.165) is 42.1 Å². The smallest absolute Gasteiger partial charge is 0.227 e. The van der Waals surface area contributed by atoms with Crippen molar-refractivity contribution in [2.45, 2.75) is 19.3 Å².